The van der Waals surface area contributed by atoms with Gasteiger partial charge in [0.25, 0.3) is 0 Å². The van der Waals surface area contributed by atoms with Crippen LogP contribution in [0, 0.1) is 11.8 Å². The molecule has 0 saturated carbocycles. The Morgan fingerprint density at radius 1 is 1.33 bits per heavy atom. The van der Waals surface area contributed by atoms with E-state index < -0.39 is 0 Å². The summed E-state index contributed by atoms with van der Waals surface area (Å²) < 4.78 is 0. The molecule has 0 atom stereocenters. The van der Waals surface area contributed by atoms with Crippen LogP contribution >= 0.6 is 0 Å². The Labute approximate surface area is 106 Å². The first-order chi connectivity index (χ1) is 3.48. The molecule has 0 N–H and O–H groups in total. The van der Waals surface area contributed by atoms with E-state index in [9.17, 15) is 4.79 Å². The molecule has 0 amide bonds. The largest absolute Gasteiger partial charge is 1.00 e. The van der Waals surface area contributed by atoms with Crippen LogP contribution in [0.5, 0.6) is 0 Å². The van der Waals surface area contributed by atoms with Crippen LogP contribution in [-0.2, 0) is 4.79 Å². The zero-order chi connectivity index (χ0) is 6.78. The molecule has 0 aromatic rings. The molecule has 9 heavy (non-hydrogen) atoms. The first-order valence-corrected chi connectivity index (χ1v) is 2.82. The summed E-state index contributed by atoms with van der Waals surface area (Å²) in [5.41, 5.74) is -0.186. The second-order valence-corrected chi connectivity index (χ2v) is 2.90. The smallest absolute Gasteiger partial charge is 0.334 e. The number of carbonyl (C=O) groups excluding carboxylic acids is 1. The van der Waals surface area contributed by atoms with E-state index in [-0.39, 0.29) is 69.4 Å². The van der Waals surface area contributed by atoms with E-state index in [4.69, 9.17) is 0 Å². The van der Waals surface area contributed by atoms with Crippen LogP contribution in [0.4, 0.5) is 0 Å². The zero-order valence-electron chi connectivity index (χ0n) is 6.99. The van der Waals surface area contributed by atoms with Crippen molar-refractivity contribution < 1.29 is 63.0 Å². The first kappa shape index (κ1) is 13.0. The van der Waals surface area contributed by atoms with Gasteiger partial charge in [0.1, 0.15) is 0 Å². The number of hydrogen-bond donors (Lipinski definition) is 0. The van der Waals surface area contributed by atoms with Gasteiger partial charge in [0, 0.05) is 5.78 Å². The second kappa shape index (κ2) is 5.06. The molecule has 0 aliphatic carbocycles. The molecule has 0 unspecified atom stereocenters. The van der Waals surface area contributed by atoms with Crippen molar-refractivity contribution in [2.75, 3.05) is 0 Å². The molecular weight excluding hydrogens is 186 g/mol. The van der Waals surface area contributed by atoms with E-state index in [1.54, 1.807) is 13.3 Å². The molecule has 0 aromatic heterocycles. The fourth-order valence-electron chi connectivity index (χ4n) is 0.433. The number of ketones is 1. The van der Waals surface area contributed by atoms with Gasteiger partial charge in [-0.15, -0.1) is 0 Å². The Kier molecular flexibility index (Phi) is 7.29. The molecule has 48 valence electrons. The summed E-state index contributed by atoms with van der Waals surface area (Å²) in [6, 6.07) is 0. The summed E-state index contributed by atoms with van der Waals surface area (Å²) in [4.78, 5) is 10.8. The van der Waals surface area contributed by atoms with Crippen molar-refractivity contribution in [1.29, 1.82) is 0 Å². The monoisotopic (exact) mass is 198 g/mol. The first-order valence-electron chi connectivity index (χ1n) is 2.82. The van der Waals surface area contributed by atoms with Crippen LogP contribution in [-0.4, -0.2) is 5.78 Å². The third-order valence-electron chi connectivity index (χ3n) is 1.00. The minimum atomic E-state index is -0.186. The summed E-state index contributed by atoms with van der Waals surface area (Å²) in [7, 11) is 0. The second-order valence-electron chi connectivity index (χ2n) is 2.90. The average Bonchev–Trinajstić information content (AvgIpc) is 1.62. The van der Waals surface area contributed by atoms with Crippen molar-refractivity contribution in [2.45, 2.75) is 27.7 Å². The van der Waals surface area contributed by atoms with Crippen molar-refractivity contribution in [1.82, 2.24) is 0 Å². The molecule has 0 rings (SSSR count). The molecule has 0 radical (unpaired) electrons. The Morgan fingerprint density at radius 3 is 1.67 bits per heavy atom. The van der Waals surface area contributed by atoms with Crippen molar-refractivity contribution in [2.24, 2.45) is 5.41 Å². The van der Waals surface area contributed by atoms with E-state index in [0.717, 1.165) is 0 Å². The number of hydrogen-bond acceptors (Lipinski definition) is 1. The normalized spacial score (nSPS) is 9.78. The van der Waals surface area contributed by atoms with Crippen LogP contribution in [0.15, 0.2) is 0 Å². The zero-order valence-corrected chi connectivity index (χ0v) is 11.9. The van der Waals surface area contributed by atoms with E-state index in [1.165, 1.54) is 0 Å². The molecule has 0 saturated heterocycles. The number of rotatable bonds is 1. The molecule has 0 heterocycles. The van der Waals surface area contributed by atoms with Gasteiger partial charge in [0.2, 0.25) is 0 Å². The summed E-state index contributed by atoms with van der Waals surface area (Å²) in [5, 5.41) is 0. The fraction of sp³-hybridized carbons (Fsp3) is 0.714. The third kappa shape index (κ3) is 5.77. The Hall–Kier alpha value is 1.35. The molecule has 2 heteroatoms. The molecule has 0 aromatic carbocycles. The van der Waals surface area contributed by atoms with Crippen molar-refractivity contribution in [3.8, 4) is 0 Å². The predicted molar refractivity (Wildman–Crippen MR) is 34.4 cm³/mol. The van der Waals surface area contributed by atoms with Gasteiger partial charge in [-0.05, 0) is 5.41 Å². The van der Waals surface area contributed by atoms with Gasteiger partial charge in [-0.1, -0.05) is 20.8 Å². The number of carbonyl (C=O) groups is 1. The Morgan fingerprint density at radius 2 is 1.67 bits per heavy atom. The van der Waals surface area contributed by atoms with Gasteiger partial charge in [-0.3, -0.25) is 0 Å². The summed E-state index contributed by atoms with van der Waals surface area (Å²) in [6.45, 7) is 7.51. The molecule has 0 bridgehead atoms. The SMILES string of the molecule is C[CH-]C(=O)C(C)(C)C.[Rb+]. The summed E-state index contributed by atoms with van der Waals surface area (Å²) in [5.74, 6) is 0.206. The van der Waals surface area contributed by atoms with Gasteiger partial charge in [0.15, 0.2) is 0 Å². The quantitative estimate of drug-likeness (QED) is 0.486. The van der Waals surface area contributed by atoms with Crippen molar-refractivity contribution in [3.05, 3.63) is 6.42 Å². The van der Waals surface area contributed by atoms with Crippen LogP contribution in [0.1, 0.15) is 27.7 Å². The van der Waals surface area contributed by atoms with Crippen LogP contribution < -0.4 is 58.2 Å². The minimum Gasteiger partial charge on any atom is -0.334 e. The fourth-order valence-corrected chi connectivity index (χ4v) is 0.433. The van der Waals surface area contributed by atoms with Gasteiger partial charge >= 0.3 is 58.2 Å². The maximum Gasteiger partial charge on any atom is 1.00 e. The molecule has 0 aliphatic rings. The maximum atomic E-state index is 10.8. The maximum absolute atomic E-state index is 10.8. The molecule has 0 aliphatic heterocycles. The van der Waals surface area contributed by atoms with E-state index in [0.29, 0.717) is 0 Å². The molecule has 1 nitrogen and oxygen atoms in total. The Bertz CT molecular complexity index is 91.6. The Balaban J connectivity index is 0. The predicted octanol–water partition coefficient (Wildman–Crippen LogP) is -1.17. The topological polar surface area (TPSA) is 17.1 Å². The van der Waals surface area contributed by atoms with E-state index in [2.05, 4.69) is 0 Å². The van der Waals surface area contributed by atoms with Crippen LogP contribution in [0.2, 0.25) is 0 Å². The molecule has 0 spiro atoms. The average molecular weight is 199 g/mol. The third-order valence-corrected chi connectivity index (χ3v) is 1.00. The minimum absolute atomic E-state index is 0. The van der Waals surface area contributed by atoms with E-state index >= 15 is 0 Å². The van der Waals surface area contributed by atoms with Crippen molar-refractivity contribution in [3.63, 3.8) is 0 Å². The van der Waals surface area contributed by atoms with Gasteiger partial charge in [-0.2, -0.15) is 6.92 Å². The molecule has 0 fully saturated rings. The molecular formula is C7H13ORb. The summed E-state index contributed by atoms with van der Waals surface area (Å²) >= 11 is 0. The van der Waals surface area contributed by atoms with Crippen LogP contribution in [0.3, 0.4) is 0 Å². The van der Waals surface area contributed by atoms with Gasteiger partial charge < -0.3 is 11.2 Å². The van der Waals surface area contributed by atoms with Crippen LogP contribution in [0.25, 0.3) is 0 Å². The van der Waals surface area contributed by atoms with Gasteiger partial charge in [-0.25, -0.2) is 0 Å². The van der Waals surface area contributed by atoms with Crippen molar-refractivity contribution >= 4 is 5.78 Å². The van der Waals surface area contributed by atoms with E-state index in [1.807, 2.05) is 20.8 Å². The van der Waals surface area contributed by atoms with Gasteiger partial charge in [0.05, 0.1) is 0 Å². The number of Topliss-reactive ketones (excluding diaryl/α,β-unsaturated/α-hetero) is 1. The summed E-state index contributed by atoms with van der Waals surface area (Å²) in [6.07, 6.45) is 1.61. The standard InChI is InChI=1S/C7H13O.Rb/c1-5-6(8)7(2,3)4;/h5H,1-4H3;/q-1;+1.